The lowest BCUT2D eigenvalue weighted by Crippen LogP contribution is -2.49. The van der Waals surface area contributed by atoms with Gasteiger partial charge in [-0.2, -0.15) is 22.4 Å². The largest absolute Gasteiger partial charge is 0.480 e. The third kappa shape index (κ3) is 8.35. The number of carboxylic acids is 1. The molecule has 1 aliphatic heterocycles. The van der Waals surface area contributed by atoms with Crippen molar-refractivity contribution in [1.82, 2.24) is 23.6 Å². The summed E-state index contributed by atoms with van der Waals surface area (Å²) in [6, 6.07) is 14.2. The second-order valence-electron chi connectivity index (χ2n) is 10.3. The van der Waals surface area contributed by atoms with Crippen LogP contribution >= 0.6 is 0 Å². The molecule has 2 aromatic heterocycles. The Hall–Kier alpha value is -3.81. The van der Waals surface area contributed by atoms with Crippen molar-refractivity contribution < 1.29 is 18.3 Å². The van der Waals surface area contributed by atoms with Gasteiger partial charge >= 0.3 is 11.7 Å². The standard InChI is InChI=1S/C28H37N7O5S/c1-33(2)41(39,40)32-24(27(36)37)20-35-19-23(12-11-21-8-4-3-5-9-21)26(31-28(35)38)34-16-13-22(14-17-34)18-30-25-10-6-7-15-29-25/h3-10,15,19,22,24,32H,11-14,16-18,20H2,1-2H3,(H,29,30)(H,36,37)/t24-/m0/s1. The fraction of sp³-hybridized carbons (Fsp3) is 0.429. The van der Waals surface area contributed by atoms with Crippen molar-refractivity contribution in [3.8, 4) is 0 Å². The second kappa shape index (κ2) is 13.7. The first-order chi connectivity index (χ1) is 19.6. The van der Waals surface area contributed by atoms with E-state index in [1.165, 1.54) is 18.7 Å². The number of nitrogens with zero attached hydrogens (tertiary/aromatic N) is 5. The molecule has 12 nitrogen and oxygen atoms in total. The van der Waals surface area contributed by atoms with Gasteiger partial charge in [0.05, 0.1) is 6.54 Å². The maximum absolute atomic E-state index is 13.1. The van der Waals surface area contributed by atoms with Crippen molar-refractivity contribution in [3.05, 3.63) is 82.5 Å². The molecule has 220 valence electrons. The van der Waals surface area contributed by atoms with Crippen LogP contribution in [0.25, 0.3) is 0 Å². The van der Waals surface area contributed by atoms with Crippen LogP contribution in [-0.2, 0) is 34.4 Å². The predicted molar refractivity (Wildman–Crippen MR) is 157 cm³/mol. The van der Waals surface area contributed by atoms with Crippen molar-refractivity contribution in [1.29, 1.82) is 0 Å². The number of piperidine rings is 1. The van der Waals surface area contributed by atoms with Crippen LogP contribution in [0.4, 0.5) is 11.6 Å². The molecule has 0 aliphatic carbocycles. The highest BCUT2D eigenvalue weighted by atomic mass is 32.2. The van der Waals surface area contributed by atoms with E-state index in [9.17, 15) is 23.1 Å². The highest BCUT2D eigenvalue weighted by Gasteiger charge is 2.28. The van der Waals surface area contributed by atoms with E-state index in [-0.39, 0.29) is 0 Å². The van der Waals surface area contributed by atoms with E-state index < -0.39 is 34.5 Å². The van der Waals surface area contributed by atoms with Crippen LogP contribution in [-0.4, -0.2) is 78.1 Å². The number of pyridine rings is 1. The summed E-state index contributed by atoms with van der Waals surface area (Å²) >= 11 is 0. The monoisotopic (exact) mass is 583 g/mol. The second-order valence-corrected chi connectivity index (χ2v) is 12.2. The normalized spacial score (nSPS) is 15.1. The summed E-state index contributed by atoms with van der Waals surface area (Å²) in [5.41, 5.74) is 1.30. The number of carbonyl (C=O) groups is 1. The lowest BCUT2D eigenvalue weighted by atomic mass is 9.96. The van der Waals surface area contributed by atoms with Gasteiger partial charge in [-0.25, -0.2) is 9.78 Å². The maximum Gasteiger partial charge on any atom is 0.349 e. The minimum Gasteiger partial charge on any atom is -0.480 e. The van der Waals surface area contributed by atoms with Gasteiger partial charge in [0.2, 0.25) is 0 Å². The number of aromatic nitrogens is 3. The van der Waals surface area contributed by atoms with Gasteiger partial charge in [-0.05, 0) is 49.3 Å². The fourth-order valence-electron chi connectivity index (χ4n) is 4.75. The van der Waals surface area contributed by atoms with E-state index in [2.05, 4.69) is 24.9 Å². The van der Waals surface area contributed by atoms with E-state index in [0.717, 1.165) is 53.7 Å². The number of carboxylic acid groups (broad SMARTS) is 1. The minimum atomic E-state index is -4.04. The first-order valence-electron chi connectivity index (χ1n) is 13.6. The molecular weight excluding hydrogens is 546 g/mol. The van der Waals surface area contributed by atoms with Gasteiger partial charge in [-0.15, -0.1) is 0 Å². The van der Waals surface area contributed by atoms with Crippen LogP contribution in [0.2, 0.25) is 0 Å². The zero-order valence-electron chi connectivity index (χ0n) is 23.3. The molecule has 1 aliphatic rings. The summed E-state index contributed by atoms with van der Waals surface area (Å²) < 4.78 is 28.8. The summed E-state index contributed by atoms with van der Waals surface area (Å²) in [6.45, 7) is 1.86. The van der Waals surface area contributed by atoms with E-state index in [1.54, 1.807) is 12.4 Å². The number of anilines is 2. The fourth-order valence-corrected chi connectivity index (χ4v) is 5.49. The Morgan fingerprint density at radius 2 is 1.80 bits per heavy atom. The molecule has 3 heterocycles. The zero-order chi connectivity index (χ0) is 29.4. The van der Waals surface area contributed by atoms with Crippen LogP contribution < -0.4 is 20.6 Å². The van der Waals surface area contributed by atoms with Crippen molar-refractivity contribution in [2.75, 3.05) is 43.9 Å². The molecule has 3 N–H and O–H groups in total. The average molecular weight is 584 g/mol. The SMILES string of the molecule is CN(C)S(=O)(=O)N[C@@H](Cn1cc(CCc2ccccc2)c(N2CCC(CNc3ccccn3)CC2)nc1=O)C(=O)O. The molecule has 0 bridgehead atoms. The third-order valence-corrected chi connectivity index (χ3v) is 8.72. The summed E-state index contributed by atoms with van der Waals surface area (Å²) in [5.74, 6) is 0.496. The van der Waals surface area contributed by atoms with Gasteiger partial charge in [-0.3, -0.25) is 9.36 Å². The van der Waals surface area contributed by atoms with E-state index in [4.69, 9.17) is 0 Å². The van der Waals surface area contributed by atoms with Crippen LogP contribution in [0.1, 0.15) is 24.0 Å². The van der Waals surface area contributed by atoms with Gasteiger partial charge < -0.3 is 15.3 Å². The van der Waals surface area contributed by atoms with E-state index in [0.29, 0.717) is 24.6 Å². The van der Waals surface area contributed by atoms with E-state index >= 15 is 0 Å². The van der Waals surface area contributed by atoms with Crippen LogP contribution in [0, 0.1) is 5.92 Å². The van der Waals surface area contributed by atoms with Crippen molar-refractivity contribution in [2.45, 2.75) is 38.3 Å². The summed E-state index contributed by atoms with van der Waals surface area (Å²) in [5, 5.41) is 13.1. The molecule has 0 spiro atoms. The molecule has 4 rings (SSSR count). The first-order valence-corrected chi connectivity index (χ1v) is 15.0. The first kappa shape index (κ1) is 30.2. The lowest BCUT2D eigenvalue weighted by Gasteiger charge is -2.34. The highest BCUT2D eigenvalue weighted by Crippen LogP contribution is 2.25. The zero-order valence-corrected chi connectivity index (χ0v) is 24.1. The number of hydrogen-bond donors (Lipinski definition) is 3. The van der Waals surface area contributed by atoms with Gasteiger partial charge in [0.25, 0.3) is 10.2 Å². The molecule has 41 heavy (non-hydrogen) atoms. The van der Waals surface area contributed by atoms with E-state index in [1.807, 2.05) is 48.5 Å². The Morgan fingerprint density at radius 3 is 2.44 bits per heavy atom. The number of aliphatic carboxylic acids is 1. The van der Waals surface area contributed by atoms with Crippen LogP contribution in [0.15, 0.2) is 65.7 Å². The van der Waals surface area contributed by atoms with Gasteiger partial charge in [0.1, 0.15) is 17.7 Å². The lowest BCUT2D eigenvalue weighted by molar-refractivity contribution is -0.139. The van der Waals surface area contributed by atoms with Gasteiger partial charge in [0.15, 0.2) is 0 Å². The van der Waals surface area contributed by atoms with Gasteiger partial charge in [0, 0.05) is 51.7 Å². The van der Waals surface area contributed by atoms with Crippen molar-refractivity contribution in [2.24, 2.45) is 5.92 Å². The Morgan fingerprint density at radius 1 is 1.10 bits per heavy atom. The van der Waals surface area contributed by atoms with Gasteiger partial charge in [-0.1, -0.05) is 36.4 Å². The Bertz CT molecular complexity index is 1460. The Balaban J connectivity index is 1.53. The van der Waals surface area contributed by atoms with Crippen LogP contribution in [0.3, 0.4) is 0 Å². The molecule has 0 radical (unpaired) electrons. The molecule has 0 amide bonds. The average Bonchev–Trinajstić information content (AvgIpc) is 2.97. The smallest absolute Gasteiger partial charge is 0.349 e. The topological polar surface area (TPSA) is 150 Å². The highest BCUT2D eigenvalue weighted by molar-refractivity contribution is 7.87. The van der Waals surface area contributed by atoms with Crippen LogP contribution in [0.5, 0.6) is 0 Å². The summed E-state index contributed by atoms with van der Waals surface area (Å²) in [6.07, 6.45) is 6.49. The molecule has 0 unspecified atom stereocenters. The quantitative estimate of drug-likeness (QED) is 0.273. The molecule has 1 aromatic carbocycles. The predicted octanol–water partition coefficient (Wildman–Crippen LogP) is 1.60. The number of rotatable bonds is 13. The maximum atomic E-state index is 13.1. The minimum absolute atomic E-state index is 0.395. The summed E-state index contributed by atoms with van der Waals surface area (Å²) in [4.78, 5) is 35.9. The molecule has 1 saturated heterocycles. The summed E-state index contributed by atoms with van der Waals surface area (Å²) in [7, 11) is -1.45. The van der Waals surface area contributed by atoms with Crippen molar-refractivity contribution in [3.63, 3.8) is 0 Å². The Labute approximate surface area is 240 Å². The molecule has 1 atom stereocenters. The third-order valence-electron chi connectivity index (χ3n) is 7.17. The van der Waals surface area contributed by atoms with Crippen molar-refractivity contribution >= 4 is 27.8 Å². The Kier molecular flexibility index (Phi) is 10.1. The number of aryl methyl sites for hydroxylation is 2. The molecule has 0 saturated carbocycles. The molecule has 13 heteroatoms. The number of hydrogen-bond acceptors (Lipinski definition) is 8. The molecular formula is C28H37N7O5S. The molecule has 1 fully saturated rings. The number of nitrogens with one attached hydrogen (secondary N) is 2. The molecule has 3 aromatic rings. The number of benzene rings is 1.